The van der Waals surface area contributed by atoms with Gasteiger partial charge in [-0.3, -0.25) is 4.79 Å². The van der Waals surface area contributed by atoms with Gasteiger partial charge in [-0.1, -0.05) is 0 Å². The van der Waals surface area contributed by atoms with Crippen LogP contribution in [0.5, 0.6) is 0 Å². The van der Waals surface area contributed by atoms with Gasteiger partial charge in [-0.2, -0.15) is 13.2 Å². The monoisotopic (exact) mass is 251 g/mol. The Bertz CT molecular complexity index is 419. The molecule has 0 atom stereocenters. The molecule has 0 aliphatic carbocycles. The normalized spacial score (nSPS) is 11.1. The minimum absolute atomic E-state index is 0.00562. The fourth-order valence-corrected chi connectivity index (χ4v) is 1.09. The molecule has 1 amide bonds. The summed E-state index contributed by atoms with van der Waals surface area (Å²) in [7, 11) is 1.42. The minimum atomic E-state index is -4.52. The molecule has 0 spiro atoms. The van der Waals surface area contributed by atoms with E-state index in [1.165, 1.54) is 7.05 Å². The van der Waals surface area contributed by atoms with Crippen LogP contribution in [0.1, 0.15) is 10.4 Å². The first-order chi connectivity index (χ1) is 7.83. The first-order valence-corrected chi connectivity index (χ1v) is 4.51. The number of hydrogen-bond donors (Lipinski definition) is 2. The number of alkyl halides is 3. The predicted octanol–water partition coefficient (Wildman–Crippen LogP) is 1.55. The number of halogens is 4. The topological polar surface area (TPSA) is 54.0 Å². The van der Waals surface area contributed by atoms with Crippen molar-refractivity contribution in [2.24, 2.45) is 0 Å². The molecule has 17 heavy (non-hydrogen) atoms. The molecule has 1 rings (SSSR count). The molecule has 1 aromatic heterocycles. The van der Waals surface area contributed by atoms with Crippen molar-refractivity contribution in [2.45, 2.75) is 6.18 Å². The van der Waals surface area contributed by atoms with Crippen molar-refractivity contribution in [2.75, 3.05) is 18.9 Å². The molecule has 1 aromatic rings. The number of nitrogens with one attached hydrogen (secondary N) is 2. The van der Waals surface area contributed by atoms with Crippen LogP contribution in [0.25, 0.3) is 0 Å². The van der Waals surface area contributed by atoms with Gasteiger partial charge in [0.05, 0.1) is 11.8 Å². The molecular weight excluding hydrogens is 242 g/mol. The lowest BCUT2D eigenvalue weighted by Gasteiger charge is -2.10. The van der Waals surface area contributed by atoms with Gasteiger partial charge < -0.3 is 10.6 Å². The first-order valence-electron chi connectivity index (χ1n) is 4.51. The van der Waals surface area contributed by atoms with Gasteiger partial charge in [-0.05, 0) is 6.07 Å². The molecule has 8 heteroatoms. The van der Waals surface area contributed by atoms with E-state index in [0.29, 0.717) is 0 Å². The first kappa shape index (κ1) is 13.2. The predicted molar refractivity (Wildman–Crippen MR) is 52.1 cm³/mol. The Kier molecular flexibility index (Phi) is 3.87. The standard InChI is InChI=1S/C9H9F4N3O/c1-14-7-6(2-5(10)3-15-7)8(17)16-4-9(11,12)13/h2-3H,4H2,1H3,(H,14,15)(H,16,17). The van der Waals surface area contributed by atoms with Crippen LogP contribution in [-0.4, -0.2) is 30.7 Å². The van der Waals surface area contributed by atoms with Crippen molar-refractivity contribution in [1.29, 1.82) is 0 Å². The second-order valence-corrected chi connectivity index (χ2v) is 3.10. The smallest absolute Gasteiger partial charge is 0.372 e. The lowest BCUT2D eigenvalue weighted by Crippen LogP contribution is -2.34. The summed E-state index contributed by atoms with van der Waals surface area (Å²) in [5.74, 6) is -1.84. The van der Waals surface area contributed by atoms with Gasteiger partial charge in [0.25, 0.3) is 5.91 Å². The van der Waals surface area contributed by atoms with Gasteiger partial charge >= 0.3 is 6.18 Å². The number of hydrogen-bond acceptors (Lipinski definition) is 3. The molecule has 0 saturated heterocycles. The maximum atomic E-state index is 12.8. The van der Waals surface area contributed by atoms with Crippen molar-refractivity contribution in [3.8, 4) is 0 Å². The van der Waals surface area contributed by atoms with Gasteiger partial charge in [0.1, 0.15) is 18.2 Å². The van der Waals surface area contributed by atoms with Crippen LogP contribution in [0.15, 0.2) is 12.3 Å². The molecule has 4 nitrogen and oxygen atoms in total. The summed E-state index contributed by atoms with van der Waals surface area (Å²) >= 11 is 0. The summed E-state index contributed by atoms with van der Waals surface area (Å²) < 4.78 is 48.4. The molecular formula is C9H9F4N3O. The van der Waals surface area contributed by atoms with Crippen LogP contribution in [-0.2, 0) is 0 Å². The molecule has 0 unspecified atom stereocenters. The van der Waals surface area contributed by atoms with Crippen molar-refractivity contribution in [3.05, 3.63) is 23.6 Å². The van der Waals surface area contributed by atoms with Crippen LogP contribution >= 0.6 is 0 Å². The van der Waals surface area contributed by atoms with E-state index in [0.717, 1.165) is 12.3 Å². The van der Waals surface area contributed by atoms with Crippen LogP contribution in [0.4, 0.5) is 23.4 Å². The molecule has 0 aliphatic rings. The zero-order chi connectivity index (χ0) is 13.1. The lowest BCUT2D eigenvalue weighted by atomic mass is 10.2. The number of pyridine rings is 1. The van der Waals surface area contributed by atoms with Gasteiger partial charge in [-0.25, -0.2) is 9.37 Å². The van der Waals surface area contributed by atoms with Gasteiger partial charge in [0.2, 0.25) is 0 Å². The Balaban J connectivity index is 2.84. The Labute approximate surface area is 94.0 Å². The zero-order valence-electron chi connectivity index (χ0n) is 8.73. The average Bonchev–Trinajstić information content (AvgIpc) is 2.25. The fraction of sp³-hybridized carbons (Fsp3) is 0.333. The highest BCUT2D eigenvalue weighted by Crippen LogP contribution is 2.15. The molecule has 0 aromatic carbocycles. The van der Waals surface area contributed by atoms with Gasteiger partial charge in [-0.15, -0.1) is 0 Å². The number of carbonyl (C=O) groups excluding carboxylic acids is 1. The Hall–Kier alpha value is -1.86. The number of anilines is 1. The molecule has 0 radical (unpaired) electrons. The summed E-state index contributed by atoms with van der Waals surface area (Å²) in [6, 6.07) is 0.810. The second-order valence-electron chi connectivity index (χ2n) is 3.10. The molecule has 0 bridgehead atoms. The SMILES string of the molecule is CNc1ncc(F)cc1C(=O)NCC(F)(F)F. The fourth-order valence-electron chi connectivity index (χ4n) is 1.09. The largest absolute Gasteiger partial charge is 0.405 e. The van der Waals surface area contributed by atoms with Crippen molar-refractivity contribution < 1.29 is 22.4 Å². The molecule has 1 heterocycles. The van der Waals surface area contributed by atoms with Crippen molar-refractivity contribution in [1.82, 2.24) is 10.3 Å². The van der Waals surface area contributed by atoms with Crippen LogP contribution in [0.2, 0.25) is 0 Å². The molecule has 0 aliphatic heterocycles. The van der Waals surface area contributed by atoms with E-state index >= 15 is 0 Å². The van der Waals surface area contributed by atoms with E-state index in [9.17, 15) is 22.4 Å². The summed E-state index contributed by atoms with van der Waals surface area (Å²) in [5.41, 5.74) is -0.281. The number of nitrogens with zero attached hydrogens (tertiary/aromatic N) is 1. The van der Waals surface area contributed by atoms with Crippen molar-refractivity contribution in [3.63, 3.8) is 0 Å². The third kappa shape index (κ3) is 3.89. The maximum Gasteiger partial charge on any atom is 0.405 e. The van der Waals surface area contributed by atoms with E-state index in [2.05, 4.69) is 10.3 Å². The van der Waals surface area contributed by atoms with Gasteiger partial charge in [0, 0.05) is 7.05 Å². The van der Waals surface area contributed by atoms with E-state index in [1.807, 2.05) is 0 Å². The second kappa shape index (κ2) is 4.98. The van der Waals surface area contributed by atoms with Gasteiger partial charge in [0.15, 0.2) is 0 Å². The Morgan fingerprint density at radius 1 is 1.47 bits per heavy atom. The Morgan fingerprint density at radius 2 is 2.12 bits per heavy atom. The number of aromatic nitrogens is 1. The van der Waals surface area contributed by atoms with Crippen LogP contribution in [0.3, 0.4) is 0 Å². The van der Waals surface area contributed by atoms with E-state index in [1.54, 1.807) is 5.32 Å². The van der Waals surface area contributed by atoms with E-state index in [-0.39, 0.29) is 11.4 Å². The number of amides is 1. The Morgan fingerprint density at radius 3 is 2.65 bits per heavy atom. The van der Waals surface area contributed by atoms with Crippen LogP contribution in [0, 0.1) is 5.82 Å². The van der Waals surface area contributed by atoms with E-state index in [4.69, 9.17) is 0 Å². The third-order valence-electron chi connectivity index (χ3n) is 1.79. The zero-order valence-corrected chi connectivity index (χ0v) is 8.73. The third-order valence-corrected chi connectivity index (χ3v) is 1.79. The quantitative estimate of drug-likeness (QED) is 0.801. The highest BCUT2D eigenvalue weighted by Gasteiger charge is 2.28. The highest BCUT2D eigenvalue weighted by molar-refractivity contribution is 5.98. The summed E-state index contributed by atoms with van der Waals surface area (Å²) in [6.07, 6.45) is -3.66. The molecule has 0 fully saturated rings. The van der Waals surface area contributed by atoms with E-state index < -0.39 is 24.4 Å². The van der Waals surface area contributed by atoms with Crippen molar-refractivity contribution >= 4 is 11.7 Å². The number of rotatable bonds is 3. The van der Waals surface area contributed by atoms with Crippen LogP contribution < -0.4 is 10.6 Å². The minimum Gasteiger partial charge on any atom is -0.372 e. The summed E-state index contributed by atoms with van der Waals surface area (Å²) in [5, 5.41) is 4.11. The molecule has 2 N–H and O–H groups in total. The lowest BCUT2D eigenvalue weighted by molar-refractivity contribution is -0.123. The molecule has 0 saturated carbocycles. The number of carbonyl (C=O) groups is 1. The molecule has 94 valence electrons. The summed E-state index contributed by atoms with van der Waals surface area (Å²) in [4.78, 5) is 14.9. The average molecular weight is 251 g/mol. The summed E-state index contributed by atoms with van der Waals surface area (Å²) in [6.45, 7) is -1.48. The highest BCUT2D eigenvalue weighted by atomic mass is 19.4. The maximum absolute atomic E-state index is 12.8.